The van der Waals surface area contributed by atoms with Gasteiger partial charge in [-0.2, -0.15) is 0 Å². The van der Waals surface area contributed by atoms with Crippen LogP contribution in [-0.2, 0) is 4.74 Å². The highest BCUT2D eigenvalue weighted by atomic mass is 16.5. The van der Waals surface area contributed by atoms with Crippen LogP contribution in [0.1, 0.15) is 6.42 Å². The summed E-state index contributed by atoms with van der Waals surface area (Å²) in [7, 11) is 1.69. The highest BCUT2D eigenvalue weighted by molar-refractivity contribution is 5.81. The number of urea groups is 1. The molecule has 1 saturated heterocycles. The van der Waals surface area contributed by atoms with Crippen molar-refractivity contribution in [3.63, 3.8) is 0 Å². The van der Waals surface area contributed by atoms with Crippen molar-refractivity contribution in [1.82, 2.24) is 20.9 Å². The van der Waals surface area contributed by atoms with Gasteiger partial charge in [0, 0.05) is 13.5 Å². The first-order valence-corrected chi connectivity index (χ1v) is 6.40. The second-order valence-corrected chi connectivity index (χ2v) is 4.77. The Morgan fingerprint density at radius 3 is 3.10 bits per heavy atom. The van der Waals surface area contributed by atoms with Crippen LogP contribution in [0.15, 0.2) is 16.5 Å². The van der Waals surface area contributed by atoms with E-state index in [0.29, 0.717) is 5.82 Å². The molecule has 3 rings (SSSR count). The molecule has 0 radical (unpaired) electrons. The lowest BCUT2D eigenvalue weighted by molar-refractivity contribution is -0.0589. The summed E-state index contributed by atoms with van der Waals surface area (Å²) in [6.07, 6.45) is -0.792. The van der Waals surface area contributed by atoms with Crippen LogP contribution < -0.4 is 16.0 Å². The molecule has 2 unspecified atom stereocenters. The zero-order valence-electron chi connectivity index (χ0n) is 10.9. The second-order valence-electron chi connectivity index (χ2n) is 4.77. The molecule has 2 amide bonds. The first-order chi connectivity index (χ1) is 9.65. The van der Waals surface area contributed by atoms with Crippen LogP contribution in [0.4, 0.5) is 4.79 Å². The number of aliphatic hydroxyl groups is 2. The van der Waals surface area contributed by atoms with Crippen molar-refractivity contribution in [2.75, 3.05) is 13.7 Å². The van der Waals surface area contributed by atoms with Gasteiger partial charge >= 0.3 is 6.03 Å². The van der Waals surface area contributed by atoms with E-state index in [1.165, 1.54) is 11.2 Å². The predicted octanol–water partition coefficient (Wildman–Crippen LogP) is -2.17. The fourth-order valence-electron chi connectivity index (χ4n) is 2.63. The van der Waals surface area contributed by atoms with Gasteiger partial charge in [0.15, 0.2) is 6.17 Å². The quantitative estimate of drug-likeness (QED) is 0.402. The number of fused-ring (bicyclic) bond motifs is 1. The molecule has 0 saturated carbocycles. The molecule has 1 fully saturated rings. The Kier molecular flexibility index (Phi) is 3.24. The Labute approximate surface area is 115 Å². The van der Waals surface area contributed by atoms with E-state index in [-0.39, 0.29) is 19.1 Å². The number of nitrogens with zero attached hydrogens (tertiary/aromatic N) is 2. The molecule has 4 atom stereocenters. The standard InChI is InChI=1S/C11H17N5O4/c1-12-10-8-9(14-4-13-8)15-11(19)16(10)7-2-5(18)6(3-17)20-7/h4-7,9,12,17-18H,2-3H2,1H3,(H,13,14)(H,15,19)/t5-,6+,7?,9?/m0/s1. The van der Waals surface area contributed by atoms with E-state index in [4.69, 9.17) is 9.84 Å². The van der Waals surface area contributed by atoms with Crippen LogP contribution in [0.5, 0.6) is 0 Å². The molecule has 0 spiro atoms. The van der Waals surface area contributed by atoms with Crippen LogP contribution in [0.3, 0.4) is 0 Å². The van der Waals surface area contributed by atoms with Crippen molar-refractivity contribution in [1.29, 1.82) is 0 Å². The minimum atomic E-state index is -0.800. The van der Waals surface area contributed by atoms with Gasteiger partial charge in [0.2, 0.25) is 0 Å². The van der Waals surface area contributed by atoms with Gasteiger partial charge in [-0.1, -0.05) is 0 Å². The highest BCUT2D eigenvalue weighted by Crippen LogP contribution is 2.29. The molecule has 110 valence electrons. The second kappa shape index (κ2) is 4.93. The van der Waals surface area contributed by atoms with E-state index < -0.39 is 24.6 Å². The fraction of sp³-hybridized carbons (Fsp3) is 0.636. The van der Waals surface area contributed by atoms with Crippen molar-refractivity contribution in [2.45, 2.75) is 31.0 Å². The van der Waals surface area contributed by atoms with Crippen LogP contribution in [0, 0.1) is 0 Å². The summed E-state index contributed by atoms with van der Waals surface area (Å²) in [4.78, 5) is 17.7. The lowest BCUT2D eigenvalue weighted by atomic mass is 10.1. The molecule has 0 aromatic heterocycles. The molecular formula is C11H17N5O4. The van der Waals surface area contributed by atoms with Crippen LogP contribution in [0.2, 0.25) is 0 Å². The first kappa shape index (κ1) is 13.2. The Morgan fingerprint density at radius 2 is 2.45 bits per heavy atom. The zero-order valence-corrected chi connectivity index (χ0v) is 10.9. The number of amides is 2. The Bertz CT molecular complexity index is 479. The predicted molar refractivity (Wildman–Crippen MR) is 68.2 cm³/mol. The van der Waals surface area contributed by atoms with Gasteiger partial charge in [0.1, 0.15) is 23.8 Å². The Morgan fingerprint density at radius 1 is 1.65 bits per heavy atom. The van der Waals surface area contributed by atoms with E-state index in [2.05, 4.69) is 20.9 Å². The van der Waals surface area contributed by atoms with Crippen molar-refractivity contribution >= 4 is 12.4 Å². The number of nitrogens with one attached hydrogen (secondary N) is 3. The number of carbonyl (C=O) groups excluding carboxylic acids is 1. The summed E-state index contributed by atoms with van der Waals surface area (Å²) in [6, 6.07) is -0.361. The van der Waals surface area contributed by atoms with E-state index in [1.54, 1.807) is 7.05 Å². The number of rotatable bonds is 3. The van der Waals surface area contributed by atoms with E-state index >= 15 is 0 Å². The highest BCUT2D eigenvalue weighted by Gasteiger charge is 2.44. The first-order valence-electron chi connectivity index (χ1n) is 6.40. The van der Waals surface area contributed by atoms with E-state index in [0.717, 1.165) is 5.70 Å². The maximum atomic E-state index is 12.2. The molecule has 0 aromatic carbocycles. The number of hydrogen-bond donors (Lipinski definition) is 5. The molecule has 0 aliphatic carbocycles. The summed E-state index contributed by atoms with van der Waals surface area (Å²) >= 11 is 0. The minimum Gasteiger partial charge on any atom is -0.394 e. The molecule has 0 aromatic rings. The third-order valence-electron chi connectivity index (χ3n) is 3.60. The monoisotopic (exact) mass is 283 g/mol. The van der Waals surface area contributed by atoms with Crippen molar-refractivity contribution in [3.8, 4) is 0 Å². The maximum Gasteiger partial charge on any atom is 0.327 e. The molecular weight excluding hydrogens is 266 g/mol. The molecule has 9 nitrogen and oxygen atoms in total. The molecule has 0 bridgehead atoms. The normalized spacial score (nSPS) is 36.0. The number of ether oxygens (including phenoxy) is 1. The zero-order chi connectivity index (χ0) is 14.3. The Balaban J connectivity index is 1.88. The van der Waals surface area contributed by atoms with Gasteiger partial charge in [-0.25, -0.2) is 9.79 Å². The lowest BCUT2D eigenvalue weighted by Gasteiger charge is -2.36. The van der Waals surface area contributed by atoms with Crippen molar-refractivity contribution < 1.29 is 19.7 Å². The topological polar surface area (TPSA) is 118 Å². The number of aliphatic imine (C=N–C) groups is 1. The average molecular weight is 283 g/mol. The number of hydrogen-bond acceptors (Lipinski definition) is 7. The molecule has 9 heteroatoms. The lowest BCUT2D eigenvalue weighted by Crippen LogP contribution is -2.56. The third-order valence-corrected chi connectivity index (χ3v) is 3.60. The summed E-state index contributed by atoms with van der Waals surface area (Å²) in [6.45, 7) is -0.289. The molecule has 3 aliphatic heterocycles. The van der Waals surface area contributed by atoms with Gasteiger partial charge < -0.3 is 30.9 Å². The number of aliphatic hydroxyl groups excluding tert-OH is 2. The van der Waals surface area contributed by atoms with Gasteiger partial charge in [-0.15, -0.1) is 0 Å². The average Bonchev–Trinajstić information content (AvgIpc) is 3.02. The van der Waals surface area contributed by atoms with Crippen LogP contribution in [-0.4, -0.2) is 65.7 Å². The van der Waals surface area contributed by atoms with Gasteiger partial charge in [-0.3, -0.25) is 4.90 Å². The van der Waals surface area contributed by atoms with Crippen molar-refractivity contribution in [2.24, 2.45) is 4.99 Å². The molecule has 5 N–H and O–H groups in total. The summed E-state index contributed by atoms with van der Waals surface area (Å²) < 4.78 is 5.54. The molecule has 3 heterocycles. The minimum absolute atomic E-state index is 0.239. The summed E-state index contributed by atoms with van der Waals surface area (Å²) in [5.74, 6) is 0.548. The smallest absolute Gasteiger partial charge is 0.327 e. The molecule has 3 aliphatic rings. The van der Waals surface area contributed by atoms with Gasteiger partial charge in [0.25, 0.3) is 0 Å². The summed E-state index contributed by atoms with van der Waals surface area (Å²) in [5.41, 5.74) is 0.720. The van der Waals surface area contributed by atoms with Crippen molar-refractivity contribution in [3.05, 3.63) is 11.5 Å². The maximum absolute atomic E-state index is 12.2. The molecule has 20 heavy (non-hydrogen) atoms. The largest absolute Gasteiger partial charge is 0.394 e. The fourth-order valence-corrected chi connectivity index (χ4v) is 2.63. The summed E-state index contributed by atoms with van der Waals surface area (Å²) in [5, 5.41) is 27.6. The van der Waals surface area contributed by atoms with E-state index in [9.17, 15) is 9.90 Å². The van der Waals surface area contributed by atoms with Gasteiger partial charge in [-0.05, 0) is 0 Å². The third kappa shape index (κ3) is 1.90. The van der Waals surface area contributed by atoms with Gasteiger partial charge in [0.05, 0.1) is 19.0 Å². The van der Waals surface area contributed by atoms with E-state index in [1.807, 2.05) is 0 Å². The number of carbonyl (C=O) groups is 1. The SMILES string of the molecule is CNC1=C2NC=NC2NC(=O)N1C1C[C@H](O)[C@@H](CO)O1. The van der Waals surface area contributed by atoms with Crippen LogP contribution in [0.25, 0.3) is 0 Å². The van der Waals surface area contributed by atoms with Crippen LogP contribution >= 0.6 is 0 Å². The Hall–Kier alpha value is -1.84.